The average Bonchev–Trinajstić information content (AvgIpc) is 2.79. The Bertz CT molecular complexity index is 695. The van der Waals surface area contributed by atoms with Crippen LogP contribution in [0.3, 0.4) is 0 Å². The number of rotatable bonds is 4. The number of nitrogens with two attached hydrogens (primary N) is 1. The highest BCUT2D eigenvalue weighted by atomic mass is 35.5. The van der Waals surface area contributed by atoms with Crippen molar-refractivity contribution in [3.63, 3.8) is 0 Å². The minimum Gasteiger partial charge on any atom is -0.464 e. The van der Waals surface area contributed by atoms with E-state index in [4.69, 9.17) is 33.4 Å². The summed E-state index contributed by atoms with van der Waals surface area (Å²) in [6.07, 6.45) is 0. The Kier molecular flexibility index (Phi) is 4.20. The van der Waals surface area contributed by atoms with Crippen molar-refractivity contribution in [3.8, 4) is 0 Å². The van der Waals surface area contributed by atoms with Crippen molar-refractivity contribution in [1.82, 2.24) is 0 Å². The molecule has 2 N–H and O–H groups in total. The predicted octanol–water partition coefficient (Wildman–Crippen LogP) is 3.02. The third-order valence-corrected chi connectivity index (χ3v) is 4.83. The van der Waals surface area contributed by atoms with E-state index in [1.54, 1.807) is 12.1 Å². The normalized spacial score (nSPS) is 11.7. The molecule has 0 radical (unpaired) electrons. The van der Waals surface area contributed by atoms with Crippen LogP contribution in [-0.4, -0.2) is 8.42 Å². The van der Waals surface area contributed by atoms with Crippen LogP contribution in [0.5, 0.6) is 0 Å². The molecular weight excluding hydrogens is 309 g/mol. The smallest absolute Gasteiger partial charge is 0.187 e. The van der Waals surface area contributed by atoms with E-state index in [9.17, 15) is 8.42 Å². The van der Waals surface area contributed by atoms with Crippen molar-refractivity contribution < 1.29 is 12.8 Å². The fourth-order valence-electron chi connectivity index (χ4n) is 1.59. The molecule has 1 aromatic carbocycles. The molecule has 7 heteroatoms. The van der Waals surface area contributed by atoms with E-state index in [1.165, 1.54) is 18.2 Å². The number of hydrogen-bond acceptors (Lipinski definition) is 4. The van der Waals surface area contributed by atoms with Gasteiger partial charge in [-0.15, -0.1) is 0 Å². The van der Waals surface area contributed by atoms with Gasteiger partial charge in [-0.3, -0.25) is 0 Å². The van der Waals surface area contributed by atoms with Crippen LogP contribution in [0, 0.1) is 0 Å². The maximum absolute atomic E-state index is 12.2. The molecule has 0 saturated heterocycles. The van der Waals surface area contributed by atoms with Crippen LogP contribution in [0.15, 0.2) is 39.6 Å². The number of benzene rings is 1. The first kappa shape index (κ1) is 14.4. The lowest BCUT2D eigenvalue weighted by Gasteiger charge is -2.05. The Morgan fingerprint density at radius 3 is 2.42 bits per heavy atom. The van der Waals surface area contributed by atoms with Gasteiger partial charge >= 0.3 is 0 Å². The second-order valence-corrected chi connectivity index (χ2v) is 6.71. The largest absolute Gasteiger partial charge is 0.464 e. The lowest BCUT2D eigenvalue weighted by atomic mass is 10.4. The van der Waals surface area contributed by atoms with Crippen molar-refractivity contribution in [2.75, 3.05) is 0 Å². The van der Waals surface area contributed by atoms with E-state index in [-0.39, 0.29) is 22.2 Å². The van der Waals surface area contributed by atoms with Crippen LogP contribution < -0.4 is 5.73 Å². The Morgan fingerprint density at radius 1 is 1.11 bits per heavy atom. The summed E-state index contributed by atoms with van der Waals surface area (Å²) < 4.78 is 29.8. The van der Waals surface area contributed by atoms with Crippen molar-refractivity contribution in [2.45, 2.75) is 17.2 Å². The minimum atomic E-state index is -3.61. The van der Waals surface area contributed by atoms with E-state index < -0.39 is 9.84 Å². The number of sulfone groups is 1. The zero-order valence-corrected chi connectivity index (χ0v) is 12.1. The molecule has 0 aliphatic carbocycles. The SMILES string of the molecule is NCc1ccc(CS(=O)(=O)c2cc(Cl)ccc2Cl)o1. The molecule has 0 aliphatic rings. The first-order valence-electron chi connectivity index (χ1n) is 5.38. The van der Waals surface area contributed by atoms with Gasteiger partial charge in [0.25, 0.3) is 0 Å². The van der Waals surface area contributed by atoms with Gasteiger partial charge in [-0.25, -0.2) is 8.42 Å². The van der Waals surface area contributed by atoms with Gasteiger partial charge in [-0.2, -0.15) is 0 Å². The Labute approximate surface area is 121 Å². The van der Waals surface area contributed by atoms with Crippen LogP contribution in [0.1, 0.15) is 11.5 Å². The molecule has 0 saturated carbocycles. The van der Waals surface area contributed by atoms with Crippen LogP contribution in [0.4, 0.5) is 0 Å². The highest BCUT2D eigenvalue weighted by molar-refractivity contribution is 7.90. The maximum atomic E-state index is 12.2. The number of halogens is 2. The molecule has 4 nitrogen and oxygen atoms in total. The highest BCUT2D eigenvalue weighted by Crippen LogP contribution is 2.28. The van der Waals surface area contributed by atoms with Crippen LogP contribution in [0.25, 0.3) is 0 Å². The van der Waals surface area contributed by atoms with E-state index in [0.717, 1.165) is 0 Å². The Balaban J connectivity index is 2.34. The van der Waals surface area contributed by atoms with E-state index in [2.05, 4.69) is 0 Å². The fraction of sp³-hybridized carbons (Fsp3) is 0.167. The first-order valence-corrected chi connectivity index (χ1v) is 7.78. The second kappa shape index (κ2) is 5.54. The van der Waals surface area contributed by atoms with Gasteiger partial charge in [-0.05, 0) is 30.3 Å². The van der Waals surface area contributed by atoms with Gasteiger partial charge in [0.15, 0.2) is 9.84 Å². The van der Waals surface area contributed by atoms with Gasteiger partial charge in [0, 0.05) is 5.02 Å². The molecule has 102 valence electrons. The summed E-state index contributed by atoms with van der Waals surface area (Å²) in [6, 6.07) is 7.53. The van der Waals surface area contributed by atoms with Gasteiger partial charge < -0.3 is 10.2 Å². The van der Waals surface area contributed by atoms with Crippen LogP contribution in [-0.2, 0) is 22.1 Å². The summed E-state index contributed by atoms with van der Waals surface area (Å²) in [6.45, 7) is 0.220. The molecular formula is C12H11Cl2NO3S. The number of furan rings is 1. The molecule has 1 heterocycles. The van der Waals surface area contributed by atoms with E-state index in [1.807, 2.05) is 0 Å². The molecule has 2 aromatic rings. The molecule has 0 spiro atoms. The molecule has 0 unspecified atom stereocenters. The summed E-state index contributed by atoms with van der Waals surface area (Å²) >= 11 is 11.7. The van der Waals surface area contributed by atoms with Crippen molar-refractivity contribution in [2.24, 2.45) is 5.73 Å². The third-order valence-electron chi connectivity index (χ3n) is 2.48. The molecule has 0 bridgehead atoms. The van der Waals surface area contributed by atoms with Gasteiger partial charge in [0.1, 0.15) is 17.3 Å². The zero-order chi connectivity index (χ0) is 14.0. The quantitative estimate of drug-likeness (QED) is 0.940. The van der Waals surface area contributed by atoms with Crippen molar-refractivity contribution in [3.05, 3.63) is 51.9 Å². The Hall–Kier alpha value is -1.01. The molecule has 1 aromatic heterocycles. The van der Waals surface area contributed by atoms with E-state index in [0.29, 0.717) is 16.5 Å². The summed E-state index contributed by atoms with van der Waals surface area (Å²) in [4.78, 5) is -0.00707. The molecule has 2 rings (SSSR count). The minimum absolute atomic E-state index is 0.00707. The standard InChI is InChI=1S/C12H11Cl2NO3S/c13-8-1-4-11(14)12(5-8)19(16,17)7-10-3-2-9(6-15)18-10/h1-5H,6-7,15H2. The maximum Gasteiger partial charge on any atom is 0.187 e. The summed E-state index contributed by atoms with van der Waals surface area (Å²) in [5.74, 6) is 0.562. The Morgan fingerprint density at radius 2 is 1.79 bits per heavy atom. The molecule has 19 heavy (non-hydrogen) atoms. The molecule has 0 aliphatic heterocycles. The summed E-state index contributed by atoms with van der Waals surface area (Å²) in [7, 11) is -3.61. The summed E-state index contributed by atoms with van der Waals surface area (Å²) in [5, 5.41) is 0.445. The molecule has 0 fully saturated rings. The van der Waals surface area contributed by atoms with E-state index >= 15 is 0 Å². The molecule has 0 atom stereocenters. The third kappa shape index (κ3) is 3.30. The number of hydrogen-bond donors (Lipinski definition) is 1. The lowest BCUT2D eigenvalue weighted by Crippen LogP contribution is -2.05. The summed E-state index contributed by atoms with van der Waals surface area (Å²) in [5.41, 5.74) is 5.40. The zero-order valence-electron chi connectivity index (χ0n) is 9.77. The predicted molar refractivity (Wildman–Crippen MR) is 74.0 cm³/mol. The average molecular weight is 320 g/mol. The van der Waals surface area contributed by atoms with Crippen molar-refractivity contribution in [1.29, 1.82) is 0 Å². The van der Waals surface area contributed by atoms with Gasteiger partial charge in [0.2, 0.25) is 0 Å². The second-order valence-electron chi connectivity index (χ2n) is 3.91. The topological polar surface area (TPSA) is 73.3 Å². The monoisotopic (exact) mass is 319 g/mol. The highest BCUT2D eigenvalue weighted by Gasteiger charge is 2.21. The lowest BCUT2D eigenvalue weighted by molar-refractivity contribution is 0.477. The van der Waals surface area contributed by atoms with Crippen LogP contribution in [0.2, 0.25) is 10.0 Å². The van der Waals surface area contributed by atoms with Gasteiger partial charge in [0.05, 0.1) is 16.5 Å². The van der Waals surface area contributed by atoms with Crippen molar-refractivity contribution >= 4 is 33.0 Å². The first-order chi connectivity index (χ1) is 8.92. The fourth-order valence-corrected chi connectivity index (χ4v) is 3.65. The van der Waals surface area contributed by atoms with Crippen LogP contribution >= 0.6 is 23.2 Å². The molecule has 0 amide bonds. The van der Waals surface area contributed by atoms with Gasteiger partial charge in [-0.1, -0.05) is 23.2 Å².